The molecule has 8 heteroatoms. The van der Waals surface area contributed by atoms with E-state index in [0.29, 0.717) is 10.2 Å². The molecule has 0 spiro atoms. The highest BCUT2D eigenvalue weighted by atomic mass is 35.5. The molecule has 0 fully saturated rings. The second-order valence-electron chi connectivity index (χ2n) is 5.48. The molecule has 0 bridgehead atoms. The monoisotopic (exact) mass is 392 g/mol. The fourth-order valence-electron chi connectivity index (χ4n) is 2.17. The van der Waals surface area contributed by atoms with E-state index in [4.69, 9.17) is 11.6 Å². The third-order valence-electron chi connectivity index (χ3n) is 3.44. The Morgan fingerprint density at radius 3 is 2.80 bits per heavy atom. The van der Waals surface area contributed by atoms with Gasteiger partial charge < -0.3 is 5.32 Å². The minimum Gasteiger partial charge on any atom is -0.300 e. The smallest absolute Gasteiger partial charge is 0.232 e. The van der Waals surface area contributed by atoms with Crippen molar-refractivity contribution in [2.45, 2.75) is 32.6 Å². The van der Waals surface area contributed by atoms with Crippen LogP contribution in [0.25, 0.3) is 10.6 Å². The number of unbranched alkanes of at least 4 members (excludes halogenated alkanes) is 1. The standard InChI is InChI=1S/C17H17ClN4OS2/c1-2-3-4-15-21-22-17(25-15)20-14(23)9-13-10-24-16(19-13)11-5-7-12(18)8-6-11/h5-8,10H,2-4,9H2,1H3,(H,20,22,23). The van der Waals surface area contributed by atoms with Gasteiger partial charge in [0.25, 0.3) is 0 Å². The van der Waals surface area contributed by atoms with Crippen LogP contribution in [0.1, 0.15) is 30.5 Å². The van der Waals surface area contributed by atoms with Gasteiger partial charge in [-0.2, -0.15) is 0 Å². The lowest BCUT2D eigenvalue weighted by Gasteiger charge is -1.98. The topological polar surface area (TPSA) is 67.8 Å². The molecular formula is C17H17ClN4OS2. The molecule has 0 unspecified atom stereocenters. The van der Waals surface area contributed by atoms with Gasteiger partial charge >= 0.3 is 0 Å². The van der Waals surface area contributed by atoms with Crippen LogP contribution >= 0.6 is 34.3 Å². The lowest BCUT2D eigenvalue weighted by molar-refractivity contribution is -0.115. The first kappa shape index (κ1) is 18.0. The Labute approximate surface area is 159 Å². The molecule has 1 N–H and O–H groups in total. The number of nitrogens with one attached hydrogen (secondary N) is 1. The van der Waals surface area contributed by atoms with Crippen LogP contribution in [-0.2, 0) is 17.6 Å². The van der Waals surface area contributed by atoms with Gasteiger partial charge in [0.1, 0.15) is 10.0 Å². The molecule has 0 radical (unpaired) electrons. The number of thiazole rings is 1. The van der Waals surface area contributed by atoms with Crippen LogP contribution in [0.15, 0.2) is 29.6 Å². The van der Waals surface area contributed by atoms with Gasteiger partial charge in [-0.15, -0.1) is 21.5 Å². The van der Waals surface area contributed by atoms with Gasteiger partial charge in [-0.3, -0.25) is 4.79 Å². The van der Waals surface area contributed by atoms with Gasteiger partial charge in [0, 0.05) is 22.4 Å². The number of halogens is 1. The Balaban J connectivity index is 1.58. The minimum absolute atomic E-state index is 0.133. The number of rotatable bonds is 7. The molecule has 3 rings (SSSR count). The molecule has 2 heterocycles. The summed E-state index contributed by atoms with van der Waals surface area (Å²) in [6.45, 7) is 2.13. The third-order valence-corrected chi connectivity index (χ3v) is 5.53. The number of hydrogen-bond donors (Lipinski definition) is 1. The van der Waals surface area contributed by atoms with E-state index in [0.717, 1.165) is 40.5 Å². The summed E-state index contributed by atoms with van der Waals surface area (Å²) in [5, 5.41) is 15.9. The van der Waals surface area contributed by atoms with E-state index in [-0.39, 0.29) is 12.3 Å². The molecule has 0 atom stereocenters. The molecule has 1 amide bonds. The molecule has 130 valence electrons. The number of carbonyl (C=O) groups excluding carboxylic acids is 1. The van der Waals surface area contributed by atoms with Crippen LogP contribution in [0.4, 0.5) is 5.13 Å². The van der Waals surface area contributed by atoms with Crippen LogP contribution in [0.5, 0.6) is 0 Å². The van der Waals surface area contributed by atoms with Crippen molar-refractivity contribution in [3.8, 4) is 10.6 Å². The minimum atomic E-state index is -0.133. The van der Waals surface area contributed by atoms with Crippen LogP contribution in [0.3, 0.4) is 0 Å². The number of nitrogens with zero attached hydrogens (tertiary/aromatic N) is 3. The predicted molar refractivity (Wildman–Crippen MR) is 103 cm³/mol. The molecule has 2 aromatic heterocycles. The number of anilines is 1. The first-order valence-electron chi connectivity index (χ1n) is 7.96. The Morgan fingerprint density at radius 1 is 1.24 bits per heavy atom. The van der Waals surface area contributed by atoms with Crippen molar-refractivity contribution in [1.29, 1.82) is 0 Å². The van der Waals surface area contributed by atoms with E-state index < -0.39 is 0 Å². The maximum Gasteiger partial charge on any atom is 0.232 e. The first-order valence-corrected chi connectivity index (χ1v) is 10.0. The van der Waals surface area contributed by atoms with Gasteiger partial charge in [-0.05, 0) is 18.6 Å². The largest absolute Gasteiger partial charge is 0.300 e. The van der Waals surface area contributed by atoms with Gasteiger partial charge in [-0.1, -0.05) is 48.4 Å². The van der Waals surface area contributed by atoms with Crippen molar-refractivity contribution in [3.63, 3.8) is 0 Å². The molecule has 3 aromatic rings. The zero-order valence-corrected chi connectivity index (χ0v) is 16.0. The van der Waals surface area contributed by atoms with Crippen molar-refractivity contribution < 1.29 is 4.79 Å². The van der Waals surface area contributed by atoms with E-state index in [9.17, 15) is 4.79 Å². The SMILES string of the molecule is CCCCc1nnc(NC(=O)Cc2csc(-c3ccc(Cl)cc3)n2)s1. The number of aryl methyl sites for hydroxylation is 1. The zero-order chi connectivity index (χ0) is 17.6. The summed E-state index contributed by atoms with van der Waals surface area (Å²) >= 11 is 8.84. The van der Waals surface area contributed by atoms with Crippen molar-refractivity contribution in [1.82, 2.24) is 15.2 Å². The van der Waals surface area contributed by atoms with Gasteiger partial charge in [0.05, 0.1) is 12.1 Å². The summed E-state index contributed by atoms with van der Waals surface area (Å²) in [7, 11) is 0. The summed E-state index contributed by atoms with van der Waals surface area (Å²) < 4.78 is 0. The molecule has 0 aliphatic carbocycles. The van der Waals surface area contributed by atoms with Crippen molar-refractivity contribution in [2.75, 3.05) is 5.32 Å². The summed E-state index contributed by atoms with van der Waals surface area (Å²) in [5.74, 6) is -0.133. The summed E-state index contributed by atoms with van der Waals surface area (Å²) in [4.78, 5) is 16.7. The summed E-state index contributed by atoms with van der Waals surface area (Å²) in [6, 6.07) is 7.50. The Morgan fingerprint density at radius 2 is 2.04 bits per heavy atom. The molecule has 0 aliphatic heterocycles. The first-order chi connectivity index (χ1) is 12.1. The molecule has 25 heavy (non-hydrogen) atoms. The van der Waals surface area contributed by atoms with E-state index in [1.807, 2.05) is 29.6 Å². The number of hydrogen-bond acceptors (Lipinski definition) is 6. The van der Waals surface area contributed by atoms with E-state index in [1.165, 1.54) is 22.7 Å². The highest BCUT2D eigenvalue weighted by Gasteiger charge is 2.12. The Kier molecular flexibility index (Phi) is 6.12. The summed E-state index contributed by atoms with van der Waals surface area (Å²) in [5.41, 5.74) is 1.73. The number of carbonyl (C=O) groups is 1. The Hall–Kier alpha value is -1.83. The highest BCUT2D eigenvalue weighted by Crippen LogP contribution is 2.25. The van der Waals surface area contributed by atoms with Crippen molar-refractivity contribution >= 4 is 45.3 Å². The predicted octanol–water partition coefficient (Wildman–Crippen LogP) is 4.84. The third kappa shape index (κ3) is 5.07. The summed E-state index contributed by atoms with van der Waals surface area (Å²) in [6.07, 6.45) is 3.31. The van der Waals surface area contributed by atoms with E-state index >= 15 is 0 Å². The normalized spacial score (nSPS) is 10.8. The van der Waals surface area contributed by atoms with E-state index in [2.05, 4.69) is 27.4 Å². The molecule has 1 aromatic carbocycles. The van der Waals surface area contributed by atoms with Crippen LogP contribution in [0.2, 0.25) is 5.02 Å². The van der Waals surface area contributed by atoms with Crippen LogP contribution in [0, 0.1) is 0 Å². The second kappa shape index (κ2) is 8.51. The fourth-order valence-corrected chi connectivity index (χ4v) is 3.92. The number of amides is 1. The average Bonchev–Trinajstić information content (AvgIpc) is 3.23. The fraction of sp³-hybridized carbons (Fsp3) is 0.294. The lowest BCUT2D eigenvalue weighted by atomic mass is 10.2. The maximum atomic E-state index is 12.2. The van der Waals surface area contributed by atoms with Gasteiger partial charge in [-0.25, -0.2) is 4.98 Å². The van der Waals surface area contributed by atoms with Gasteiger partial charge in [0.2, 0.25) is 11.0 Å². The van der Waals surface area contributed by atoms with E-state index in [1.54, 1.807) is 0 Å². The number of benzene rings is 1. The molecule has 0 saturated heterocycles. The second-order valence-corrected chi connectivity index (χ2v) is 7.84. The highest BCUT2D eigenvalue weighted by molar-refractivity contribution is 7.15. The van der Waals surface area contributed by atoms with Crippen molar-refractivity contribution in [2.24, 2.45) is 0 Å². The average molecular weight is 393 g/mol. The number of aromatic nitrogens is 3. The maximum absolute atomic E-state index is 12.2. The quantitative estimate of drug-likeness (QED) is 0.624. The Bertz CT molecular complexity index is 844. The molecule has 0 aliphatic rings. The molecule has 5 nitrogen and oxygen atoms in total. The lowest BCUT2D eigenvalue weighted by Crippen LogP contribution is -2.14. The molecule has 0 saturated carbocycles. The van der Waals surface area contributed by atoms with Crippen molar-refractivity contribution in [3.05, 3.63) is 45.4 Å². The van der Waals surface area contributed by atoms with Crippen LogP contribution < -0.4 is 5.32 Å². The van der Waals surface area contributed by atoms with Crippen LogP contribution in [-0.4, -0.2) is 21.1 Å². The molecular weight excluding hydrogens is 376 g/mol. The van der Waals surface area contributed by atoms with Gasteiger partial charge in [0.15, 0.2) is 0 Å². The zero-order valence-electron chi connectivity index (χ0n) is 13.7.